The molecule has 0 aliphatic heterocycles. The van der Waals surface area contributed by atoms with E-state index in [1.807, 2.05) is 6.92 Å². The molecule has 3 heteroatoms. The second kappa shape index (κ2) is 2.26. The Hall–Kier alpha value is -0.990. The third-order valence-corrected chi connectivity index (χ3v) is 2.41. The van der Waals surface area contributed by atoms with Crippen LogP contribution in [0.5, 0.6) is 0 Å². The summed E-state index contributed by atoms with van der Waals surface area (Å²) in [5, 5.41) is 3.82. The van der Waals surface area contributed by atoms with E-state index in [9.17, 15) is 0 Å². The van der Waals surface area contributed by atoms with E-state index in [2.05, 4.69) is 5.16 Å². The van der Waals surface area contributed by atoms with Crippen LogP contribution >= 0.6 is 0 Å². The van der Waals surface area contributed by atoms with Crippen LogP contribution < -0.4 is 5.73 Å². The first kappa shape index (κ1) is 6.70. The quantitative estimate of drug-likeness (QED) is 0.667. The lowest BCUT2D eigenvalue weighted by Gasteiger charge is -2.22. The summed E-state index contributed by atoms with van der Waals surface area (Å²) in [4.78, 5) is 0. The van der Waals surface area contributed by atoms with Gasteiger partial charge in [0.05, 0.1) is 5.69 Å². The van der Waals surface area contributed by atoms with Crippen molar-refractivity contribution in [3.8, 4) is 0 Å². The van der Waals surface area contributed by atoms with Gasteiger partial charge >= 0.3 is 0 Å². The Morgan fingerprint density at radius 1 is 1.55 bits per heavy atom. The van der Waals surface area contributed by atoms with Crippen molar-refractivity contribution >= 4 is 5.69 Å². The monoisotopic (exact) mass is 152 g/mol. The molecular weight excluding hydrogens is 140 g/mol. The summed E-state index contributed by atoms with van der Waals surface area (Å²) in [6, 6.07) is 0. The van der Waals surface area contributed by atoms with Gasteiger partial charge in [0.2, 0.25) is 0 Å². The van der Waals surface area contributed by atoms with E-state index >= 15 is 0 Å². The molecule has 1 aromatic rings. The van der Waals surface area contributed by atoms with Gasteiger partial charge in [0.15, 0.2) is 5.76 Å². The highest BCUT2D eigenvalue weighted by atomic mass is 16.5. The molecule has 1 heterocycles. The number of aromatic nitrogens is 1. The van der Waals surface area contributed by atoms with Crippen LogP contribution in [0.1, 0.15) is 36.6 Å². The van der Waals surface area contributed by atoms with Gasteiger partial charge in [-0.15, -0.1) is 0 Å². The number of hydrogen-bond acceptors (Lipinski definition) is 3. The van der Waals surface area contributed by atoms with Gasteiger partial charge in [0.25, 0.3) is 0 Å². The van der Waals surface area contributed by atoms with Crippen LogP contribution in [0.25, 0.3) is 0 Å². The third-order valence-electron chi connectivity index (χ3n) is 2.41. The molecule has 0 saturated heterocycles. The molecule has 1 aliphatic carbocycles. The first-order valence-corrected chi connectivity index (χ1v) is 4.00. The molecule has 60 valence electrons. The van der Waals surface area contributed by atoms with Crippen molar-refractivity contribution < 1.29 is 4.52 Å². The van der Waals surface area contributed by atoms with E-state index in [4.69, 9.17) is 10.3 Å². The molecule has 1 aliphatic rings. The van der Waals surface area contributed by atoms with E-state index < -0.39 is 0 Å². The molecule has 1 aromatic heterocycles. The molecule has 11 heavy (non-hydrogen) atoms. The van der Waals surface area contributed by atoms with Crippen LogP contribution in [0.15, 0.2) is 4.52 Å². The highest BCUT2D eigenvalue weighted by Gasteiger charge is 2.26. The molecule has 0 radical (unpaired) electrons. The Balaban J connectivity index is 2.29. The summed E-state index contributed by atoms with van der Waals surface area (Å²) in [5.41, 5.74) is 7.34. The Kier molecular flexibility index (Phi) is 1.37. The van der Waals surface area contributed by atoms with Crippen LogP contribution in [-0.2, 0) is 0 Å². The van der Waals surface area contributed by atoms with E-state index in [-0.39, 0.29) is 0 Å². The lowest BCUT2D eigenvalue weighted by atomic mass is 9.83. The van der Waals surface area contributed by atoms with Crippen molar-refractivity contribution in [2.45, 2.75) is 32.1 Å². The average Bonchev–Trinajstić information content (AvgIpc) is 2.15. The third kappa shape index (κ3) is 0.914. The zero-order valence-electron chi connectivity index (χ0n) is 6.63. The lowest BCUT2D eigenvalue weighted by Crippen LogP contribution is -2.09. The Morgan fingerprint density at radius 3 is 2.64 bits per heavy atom. The van der Waals surface area contributed by atoms with Gasteiger partial charge in [-0.25, -0.2) is 0 Å². The van der Waals surface area contributed by atoms with Crippen molar-refractivity contribution in [3.63, 3.8) is 0 Å². The molecule has 2 N–H and O–H groups in total. The normalized spacial score (nSPS) is 18.3. The highest BCUT2D eigenvalue weighted by molar-refractivity contribution is 5.47. The molecule has 1 saturated carbocycles. The molecule has 0 atom stereocenters. The molecule has 2 rings (SSSR count). The fraction of sp³-hybridized carbons (Fsp3) is 0.625. The van der Waals surface area contributed by atoms with E-state index in [1.165, 1.54) is 19.3 Å². The largest absolute Gasteiger partial charge is 0.394 e. The van der Waals surface area contributed by atoms with Gasteiger partial charge in [-0.1, -0.05) is 11.6 Å². The van der Waals surface area contributed by atoms with E-state index in [0.717, 1.165) is 17.1 Å². The summed E-state index contributed by atoms with van der Waals surface area (Å²) in [6.45, 7) is 1.88. The molecule has 1 fully saturated rings. The van der Waals surface area contributed by atoms with Crippen LogP contribution in [0.2, 0.25) is 0 Å². The second-order valence-electron chi connectivity index (χ2n) is 3.17. The second-order valence-corrected chi connectivity index (χ2v) is 3.17. The minimum absolute atomic E-state index is 0.552. The fourth-order valence-electron chi connectivity index (χ4n) is 1.36. The minimum Gasteiger partial charge on any atom is -0.394 e. The first-order chi connectivity index (χ1) is 5.29. The van der Waals surface area contributed by atoms with Crippen molar-refractivity contribution in [1.29, 1.82) is 0 Å². The van der Waals surface area contributed by atoms with Crippen molar-refractivity contribution in [2.24, 2.45) is 0 Å². The fourth-order valence-corrected chi connectivity index (χ4v) is 1.36. The van der Waals surface area contributed by atoms with Crippen LogP contribution in [0.4, 0.5) is 5.69 Å². The summed E-state index contributed by atoms with van der Waals surface area (Å²) >= 11 is 0. The van der Waals surface area contributed by atoms with Gasteiger partial charge in [-0.3, -0.25) is 0 Å². The summed E-state index contributed by atoms with van der Waals surface area (Å²) in [7, 11) is 0. The maximum atomic E-state index is 5.76. The van der Waals surface area contributed by atoms with Gasteiger partial charge in [0, 0.05) is 5.92 Å². The maximum absolute atomic E-state index is 5.76. The van der Waals surface area contributed by atoms with E-state index in [1.54, 1.807) is 0 Å². The van der Waals surface area contributed by atoms with Gasteiger partial charge in [-0.05, 0) is 19.8 Å². The molecular formula is C8H12N2O. The predicted molar refractivity (Wildman–Crippen MR) is 42.2 cm³/mol. The zero-order valence-corrected chi connectivity index (χ0v) is 6.63. The lowest BCUT2D eigenvalue weighted by molar-refractivity contribution is 0.300. The SMILES string of the molecule is Cc1noc(C2CCC2)c1N. The summed E-state index contributed by atoms with van der Waals surface area (Å²) < 4.78 is 5.12. The number of rotatable bonds is 1. The molecule has 0 bridgehead atoms. The molecule has 0 amide bonds. The summed E-state index contributed by atoms with van der Waals surface area (Å²) in [6.07, 6.45) is 3.71. The van der Waals surface area contributed by atoms with Crippen LogP contribution in [0, 0.1) is 6.92 Å². The summed E-state index contributed by atoms with van der Waals surface area (Å²) in [5.74, 6) is 1.46. The van der Waals surface area contributed by atoms with Gasteiger partial charge in [-0.2, -0.15) is 0 Å². The van der Waals surface area contributed by atoms with E-state index in [0.29, 0.717) is 5.92 Å². The highest BCUT2D eigenvalue weighted by Crippen LogP contribution is 2.39. The Morgan fingerprint density at radius 2 is 2.27 bits per heavy atom. The van der Waals surface area contributed by atoms with Crippen LogP contribution in [-0.4, -0.2) is 5.16 Å². The molecule has 0 aromatic carbocycles. The van der Waals surface area contributed by atoms with Crippen molar-refractivity contribution in [3.05, 3.63) is 11.5 Å². The number of anilines is 1. The number of nitrogens with two attached hydrogens (primary N) is 1. The molecule has 0 spiro atoms. The number of nitrogen functional groups attached to an aromatic ring is 1. The van der Waals surface area contributed by atoms with Crippen LogP contribution in [0.3, 0.4) is 0 Å². The molecule has 3 nitrogen and oxygen atoms in total. The standard InChI is InChI=1S/C8H12N2O/c1-5-7(9)8(11-10-5)6-3-2-4-6/h6H,2-4,9H2,1H3. The number of nitrogens with zero attached hydrogens (tertiary/aromatic N) is 1. The number of hydrogen-bond donors (Lipinski definition) is 1. The Labute approximate surface area is 65.6 Å². The van der Waals surface area contributed by atoms with Gasteiger partial charge < -0.3 is 10.3 Å². The minimum atomic E-state index is 0.552. The zero-order chi connectivity index (χ0) is 7.84. The van der Waals surface area contributed by atoms with Crippen molar-refractivity contribution in [2.75, 3.05) is 5.73 Å². The van der Waals surface area contributed by atoms with Gasteiger partial charge in [0.1, 0.15) is 5.69 Å². The first-order valence-electron chi connectivity index (χ1n) is 4.00. The molecule has 0 unspecified atom stereocenters. The number of aryl methyl sites for hydroxylation is 1. The maximum Gasteiger partial charge on any atom is 0.162 e. The topological polar surface area (TPSA) is 52.0 Å². The predicted octanol–water partition coefficient (Wildman–Crippen LogP) is 1.83. The van der Waals surface area contributed by atoms with Crippen molar-refractivity contribution in [1.82, 2.24) is 5.16 Å². The smallest absolute Gasteiger partial charge is 0.162 e. The average molecular weight is 152 g/mol. The Bertz CT molecular complexity index is 263.